The van der Waals surface area contributed by atoms with Crippen molar-refractivity contribution in [1.82, 2.24) is 25.0 Å². The molecule has 5 nitrogen and oxygen atoms in total. The molecule has 0 saturated carbocycles. The second-order valence-electron chi connectivity index (χ2n) is 6.78. The molecule has 2 aromatic heterocycles. The van der Waals surface area contributed by atoms with Gasteiger partial charge in [-0.15, -0.1) is 0 Å². The minimum absolute atomic E-state index is 0.559. The summed E-state index contributed by atoms with van der Waals surface area (Å²) in [5.41, 5.74) is 4.25. The summed E-state index contributed by atoms with van der Waals surface area (Å²) < 4.78 is 1.94. The van der Waals surface area contributed by atoms with Gasteiger partial charge in [-0.25, -0.2) is 4.68 Å². The Labute approximate surface area is 155 Å². The van der Waals surface area contributed by atoms with Crippen LogP contribution < -0.4 is 5.32 Å². The zero-order valence-electron chi connectivity index (χ0n) is 15.8. The predicted molar refractivity (Wildman–Crippen MR) is 106 cm³/mol. The zero-order valence-corrected chi connectivity index (χ0v) is 15.8. The number of para-hydroxylation sites is 1. The molecule has 0 aliphatic carbocycles. The van der Waals surface area contributed by atoms with Crippen LogP contribution in [0.25, 0.3) is 16.9 Å². The van der Waals surface area contributed by atoms with Crippen LogP contribution in [-0.2, 0) is 6.54 Å². The van der Waals surface area contributed by atoms with Crippen LogP contribution in [0.4, 0.5) is 0 Å². The first-order valence-corrected chi connectivity index (χ1v) is 9.10. The van der Waals surface area contributed by atoms with Crippen LogP contribution in [-0.4, -0.2) is 45.8 Å². The normalized spacial score (nSPS) is 11.4. The summed E-state index contributed by atoms with van der Waals surface area (Å²) in [5, 5.41) is 8.37. The molecule has 0 aliphatic heterocycles. The van der Waals surface area contributed by atoms with E-state index in [0.29, 0.717) is 6.04 Å². The molecule has 1 aromatic carbocycles. The molecule has 3 aromatic rings. The Morgan fingerprint density at radius 2 is 1.92 bits per heavy atom. The summed E-state index contributed by atoms with van der Waals surface area (Å²) in [6.45, 7) is 7.17. The van der Waals surface area contributed by atoms with Crippen molar-refractivity contribution in [3.05, 3.63) is 66.6 Å². The molecule has 2 heterocycles. The van der Waals surface area contributed by atoms with Gasteiger partial charge in [0, 0.05) is 55.4 Å². The van der Waals surface area contributed by atoms with Gasteiger partial charge in [-0.3, -0.25) is 4.98 Å². The third-order valence-corrected chi connectivity index (χ3v) is 4.58. The Morgan fingerprint density at radius 3 is 2.62 bits per heavy atom. The molecule has 0 saturated heterocycles. The number of hydrogen-bond donors (Lipinski definition) is 1. The highest BCUT2D eigenvalue weighted by Gasteiger charge is 2.12. The van der Waals surface area contributed by atoms with E-state index in [9.17, 15) is 0 Å². The van der Waals surface area contributed by atoms with Crippen molar-refractivity contribution >= 4 is 0 Å². The highest BCUT2D eigenvalue weighted by atomic mass is 15.3. The first-order chi connectivity index (χ1) is 12.6. The molecular weight excluding hydrogens is 322 g/mol. The van der Waals surface area contributed by atoms with Crippen molar-refractivity contribution in [3.63, 3.8) is 0 Å². The largest absolute Gasteiger partial charge is 0.311 e. The minimum Gasteiger partial charge on any atom is -0.311 e. The zero-order chi connectivity index (χ0) is 18.4. The second-order valence-corrected chi connectivity index (χ2v) is 6.78. The van der Waals surface area contributed by atoms with E-state index in [4.69, 9.17) is 5.10 Å². The first kappa shape index (κ1) is 18.3. The van der Waals surface area contributed by atoms with Gasteiger partial charge in [0.25, 0.3) is 0 Å². The predicted octanol–water partition coefficient (Wildman–Crippen LogP) is 3.36. The lowest BCUT2D eigenvalue weighted by molar-refractivity contribution is 0.273. The quantitative estimate of drug-likeness (QED) is 0.634. The van der Waals surface area contributed by atoms with Crippen LogP contribution in [0.2, 0.25) is 0 Å². The second kappa shape index (κ2) is 8.74. The molecule has 0 radical (unpaired) electrons. The van der Waals surface area contributed by atoms with E-state index in [1.165, 1.54) is 5.56 Å². The average Bonchev–Trinajstić information content (AvgIpc) is 3.10. The molecule has 0 atom stereocenters. The average molecular weight is 349 g/mol. The van der Waals surface area contributed by atoms with Crippen LogP contribution in [0.15, 0.2) is 61.1 Å². The highest BCUT2D eigenvalue weighted by molar-refractivity contribution is 5.62. The fourth-order valence-electron chi connectivity index (χ4n) is 2.73. The van der Waals surface area contributed by atoms with E-state index in [0.717, 1.165) is 36.6 Å². The maximum atomic E-state index is 4.82. The maximum absolute atomic E-state index is 4.82. The van der Waals surface area contributed by atoms with Crippen molar-refractivity contribution in [1.29, 1.82) is 0 Å². The van der Waals surface area contributed by atoms with Gasteiger partial charge >= 0.3 is 0 Å². The molecule has 0 spiro atoms. The third-order valence-electron chi connectivity index (χ3n) is 4.58. The topological polar surface area (TPSA) is 46.0 Å². The van der Waals surface area contributed by atoms with Gasteiger partial charge in [0.2, 0.25) is 0 Å². The van der Waals surface area contributed by atoms with E-state index >= 15 is 0 Å². The molecule has 136 valence electrons. The van der Waals surface area contributed by atoms with Gasteiger partial charge in [0.05, 0.1) is 11.4 Å². The Bertz CT molecular complexity index is 796. The van der Waals surface area contributed by atoms with Crippen molar-refractivity contribution in [3.8, 4) is 16.9 Å². The first-order valence-electron chi connectivity index (χ1n) is 9.10. The SMILES string of the molecule is CC(C)N(C)CCNCc1cn(-c2ccccc2)nc1-c1cccnc1. The van der Waals surface area contributed by atoms with E-state index in [2.05, 4.69) is 60.5 Å². The summed E-state index contributed by atoms with van der Waals surface area (Å²) >= 11 is 0. The third kappa shape index (κ3) is 4.56. The molecule has 1 N–H and O–H groups in total. The number of nitrogens with zero attached hydrogens (tertiary/aromatic N) is 4. The Hall–Kier alpha value is -2.50. The van der Waals surface area contributed by atoms with Gasteiger partial charge in [-0.1, -0.05) is 18.2 Å². The number of hydrogen-bond acceptors (Lipinski definition) is 4. The lowest BCUT2D eigenvalue weighted by Gasteiger charge is -2.20. The molecule has 26 heavy (non-hydrogen) atoms. The monoisotopic (exact) mass is 349 g/mol. The molecule has 0 unspecified atom stereocenters. The highest BCUT2D eigenvalue weighted by Crippen LogP contribution is 2.22. The summed E-state index contributed by atoms with van der Waals surface area (Å²) in [5.74, 6) is 0. The molecule has 3 rings (SSSR count). The summed E-state index contributed by atoms with van der Waals surface area (Å²) in [7, 11) is 2.15. The fourth-order valence-corrected chi connectivity index (χ4v) is 2.73. The van der Waals surface area contributed by atoms with Crippen LogP contribution >= 0.6 is 0 Å². The van der Waals surface area contributed by atoms with Gasteiger partial charge in [0.1, 0.15) is 0 Å². The Morgan fingerprint density at radius 1 is 1.12 bits per heavy atom. The van der Waals surface area contributed by atoms with Gasteiger partial charge in [-0.05, 0) is 45.2 Å². The van der Waals surface area contributed by atoms with E-state index in [-0.39, 0.29) is 0 Å². The Balaban J connectivity index is 1.78. The smallest absolute Gasteiger partial charge is 0.0988 e. The van der Waals surface area contributed by atoms with E-state index in [1.54, 1.807) is 6.20 Å². The van der Waals surface area contributed by atoms with Crippen molar-refractivity contribution in [2.75, 3.05) is 20.1 Å². The van der Waals surface area contributed by atoms with Crippen molar-refractivity contribution in [2.45, 2.75) is 26.4 Å². The van der Waals surface area contributed by atoms with Crippen LogP contribution in [0.3, 0.4) is 0 Å². The lowest BCUT2D eigenvalue weighted by Crippen LogP contribution is -2.33. The molecule has 0 amide bonds. The number of likely N-dealkylation sites (N-methyl/N-ethyl adjacent to an activating group) is 1. The maximum Gasteiger partial charge on any atom is 0.0988 e. The van der Waals surface area contributed by atoms with Crippen LogP contribution in [0.1, 0.15) is 19.4 Å². The number of aromatic nitrogens is 3. The van der Waals surface area contributed by atoms with Crippen LogP contribution in [0.5, 0.6) is 0 Å². The molecule has 0 bridgehead atoms. The van der Waals surface area contributed by atoms with E-state index < -0.39 is 0 Å². The van der Waals surface area contributed by atoms with Crippen molar-refractivity contribution in [2.24, 2.45) is 0 Å². The van der Waals surface area contributed by atoms with Gasteiger partial charge in [-0.2, -0.15) is 5.10 Å². The fraction of sp³-hybridized carbons (Fsp3) is 0.333. The molecule has 0 fully saturated rings. The van der Waals surface area contributed by atoms with Crippen LogP contribution in [0, 0.1) is 0 Å². The number of benzene rings is 1. The molecular formula is C21H27N5. The number of pyridine rings is 1. The summed E-state index contributed by atoms with van der Waals surface area (Å²) in [6, 6.07) is 14.8. The van der Waals surface area contributed by atoms with Gasteiger partial charge < -0.3 is 10.2 Å². The number of rotatable bonds is 8. The summed E-state index contributed by atoms with van der Waals surface area (Å²) in [4.78, 5) is 6.58. The minimum atomic E-state index is 0.559. The summed E-state index contributed by atoms with van der Waals surface area (Å²) in [6.07, 6.45) is 5.77. The lowest BCUT2D eigenvalue weighted by atomic mass is 10.1. The van der Waals surface area contributed by atoms with Crippen molar-refractivity contribution < 1.29 is 0 Å². The Kier molecular flexibility index (Phi) is 6.15. The molecule has 5 heteroatoms. The number of nitrogens with one attached hydrogen (secondary N) is 1. The van der Waals surface area contributed by atoms with E-state index in [1.807, 2.05) is 35.1 Å². The standard InChI is InChI=1S/C21H27N5/c1-17(2)25(3)13-12-23-15-19-16-26(20-9-5-4-6-10-20)24-21(19)18-8-7-11-22-14-18/h4-11,14,16-17,23H,12-13,15H2,1-3H3. The molecule has 0 aliphatic rings. The van der Waals surface area contributed by atoms with Gasteiger partial charge in [0.15, 0.2) is 0 Å².